The third kappa shape index (κ3) is 6.50. The van der Waals surface area contributed by atoms with Gasteiger partial charge in [0.25, 0.3) is 5.91 Å². The van der Waals surface area contributed by atoms with Crippen molar-refractivity contribution >= 4 is 17.7 Å². The van der Waals surface area contributed by atoms with E-state index in [1.54, 1.807) is 18.9 Å². The first-order valence-electron chi connectivity index (χ1n) is 11.7. The molecule has 2 aromatic rings. The Morgan fingerprint density at radius 3 is 2.62 bits per heavy atom. The van der Waals surface area contributed by atoms with Crippen molar-refractivity contribution in [1.29, 1.82) is 0 Å². The minimum Gasteiger partial charge on any atom is -0.497 e. The van der Waals surface area contributed by atoms with Crippen LogP contribution in [0.1, 0.15) is 41.6 Å². The van der Waals surface area contributed by atoms with Gasteiger partial charge in [0.2, 0.25) is 0 Å². The van der Waals surface area contributed by atoms with Crippen LogP contribution in [0.3, 0.4) is 0 Å². The highest BCUT2D eigenvalue weighted by molar-refractivity contribution is 7.99. The molecule has 2 aliphatic rings. The number of amides is 1. The summed E-state index contributed by atoms with van der Waals surface area (Å²) >= 11 is 1.74. The summed E-state index contributed by atoms with van der Waals surface area (Å²) in [7, 11) is 1.70. The minimum atomic E-state index is 0.0427. The topological polar surface area (TPSA) is 50.8 Å². The van der Waals surface area contributed by atoms with Gasteiger partial charge in [0.15, 0.2) is 0 Å². The number of ether oxygens (including phenoxy) is 2. The molecule has 2 heterocycles. The van der Waals surface area contributed by atoms with Gasteiger partial charge in [-0.15, -0.1) is 11.8 Å². The Kier molecular flexibility index (Phi) is 8.49. The van der Waals surface area contributed by atoms with Crippen molar-refractivity contribution in [3.05, 3.63) is 59.7 Å². The number of rotatable bonds is 9. The summed E-state index contributed by atoms with van der Waals surface area (Å²) in [6.45, 7) is 4.73. The normalized spacial score (nSPS) is 19.7. The molecular weight excluding hydrogens is 420 g/mol. The average molecular weight is 455 g/mol. The number of benzene rings is 2. The van der Waals surface area contributed by atoms with Crippen LogP contribution in [-0.2, 0) is 11.3 Å². The summed E-state index contributed by atoms with van der Waals surface area (Å²) in [6, 6.07) is 16.3. The molecule has 1 N–H and O–H groups in total. The molecule has 1 atom stereocenters. The SMILES string of the molecule is COc1ccc(CN2CCC(CNC(=O)c3ccccc3SCC3CCCO3)CC2)cc1. The Balaban J connectivity index is 1.21. The van der Waals surface area contributed by atoms with Gasteiger partial charge in [-0.2, -0.15) is 0 Å². The fourth-order valence-electron chi connectivity index (χ4n) is 4.41. The predicted octanol–water partition coefficient (Wildman–Crippen LogP) is 4.61. The third-order valence-corrected chi connectivity index (χ3v) is 7.61. The largest absolute Gasteiger partial charge is 0.497 e. The molecule has 0 spiro atoms. The van der Waals surface area contributed by atoms with Crippen molar-refractivity contribution in [2.24, 2.45) is 5.92 Å². The predicted molar refractivity (Wildman–Crippen MR) is 129 cm³/mol. The summed E-state index contributed by atoms with van der Waals surface area (Å²) in [5.74, 6) is 2.39. The standard InChI is InChI=1S/C26H34N2O3S/c1-30-22-10-8-21(9-11-22)18-28-14-12-20(13-15-28)17-27-26(29)24-6-2-3-7-25(24)32-19-23-5-4-16-31-23/h2-3,6-11,20,23H,4-5,12-19H2,1H3,(H,27,29). The summed E-state index contributed by atoms with van der Waals surface area (Å²) in [4.78, 5) is 16.4. The number of thioether (sulfide) groups is 1. The first-order chi connectivity index (χ1) is 15.7. The van der Waals surface area contributed by atoms with Crippen LogP contribution in [0, 0.1) is 5.92 Å². The van der Waals surface area contributed by atoms with Gasteiger partial charge < -0.3 is 14.8 Å². The Morgan fingerprint density at radius 2 is 1.91 bits per heavy atom. The Hall–Kier alpha value is -2.02. The van der Waals surface area contributed by atoms with Crippen molar-refractivity contribution < 1.29 is 14.3 Å². The number of nitrogens with one attached hydrogen (secondary N) is 1. The summed E-state index contributed by atoms with van der Waals surface area (Å²) in [5, 5.41) is 3.20. The molecule has 4 rings (SSSR count). The number of carbonyl (C=O) groups is 1. The van der Waals surface area contributed by atoms with E-state index in [2.05, 4.69) is 22.3 Å². The molecule has 2 aromatic carbocycles. The second-order valence-corrected chi connectivity index (χ2v) is 9.78. The van der Waals surface area contributed by atoms with E-state index in [0.29, 0.717) is 12.0 Å². The van der Waals surface area contributed by atoms with Crippen LogP contribution in [0.4, 0.5) is 0 Å². The smallest absolute Gasteiger partial charge is 0.252 e. The lowest BCUT2D eigenvalue weighted by atomic mass is 9.96. The number of nitrogens with zero attached hydrogens (tertiary/aromatic N) is 1. The molecular formula is C26H34N2O3S. The summed E-state index contributed by atoms with van der Waals surface area (Å²) in [5.41, 5.74) is 2.10. The maximum atomic E-state index is 12.9. The van der Waals surface area contributed by atoms with E-state index in [1.807, 2.05) is 36.4 Å². The average Bonchev–Trinajstić information content (AvgIpc) is 3.36. The molecule has 32 heavy (non-hydrogen) atoms. The van der Waals surface area contributed by atoms with Gasteiger partial charge in [-0.25, -0.2) is 0 Å². The first-order valence-corrected chi connectivity index (χ1v) is 12.7. The second kappa shape index (κ2) is 11.7. The van der Waals surface area contributed by atoms with E-state index in [4.69, 9.17) is 9.47 Å². The van der Waals surface area contributed by atoms with Crippen LogP contribution in [0.2, 0.25) is 0 Å². The van der Waals surface area contributed by atoms with Crippen LogP contribution in [0.5, 0.6) is 5.75 Å². The zero-order valence-corrected chi connectivity index (χ0v) is 19.7. The van der Waals surface area contributed by atoms with Crippen molar-refractivity contribution in [2.45, 2.75) is 43.2 Å². The van der Waals surface area contributed by atoms with Crippen LogP contribution < -0.4 is 10.1 Å². The highest BCUT2D eigenvalue weighted by Gasteiger charge is 2.21. The molecule has 0 aliphatic carbocycles. The molecule has 2 saturated heterocycles. The highest BCUT2D eigenvalue weighted by Crippen LogP contribution is 2.27. The molecule has 0 bridgehead atoms. The number of carbonyl (C=O) groups excluding carboxylic acids is 1. The highest BCUT2D eigenvalue weighted by atomic mass is 32.2. The van der Waals surface area contributed by atoms with Gasteiger partial charge in [0.1, 0.15) is 5.75 Å². The molecule has 2 fully saturated rings. The van der Waals surface area contributed by atoms with Gasteiger partial charge in [-0.05, 0) is 74.5 Å². The van der Waals surface area contributed by atoms with E-state index in [1.165, 1.54) is 5.56 Å². The number of hydrogen-bond acceptors (Lipinski definition) is 5. The number of methoxy groups -OCH3 is 1. The van der Waals surface area contributed by atoms with Gasteiger partial charge in [-0.3, -0.25) is 9.69 Å². The van der Waals surface area contributed by atoms with Crippen molar-refractivity contribution in [1.82, 2.24) is 10.2 Å². The van der Waals surface area contributed by atoms with Crippen LogP contribution in [-0.4, -0.2) is 56.0 Å². The number of likely N-dealkylation sites (tertiary alicyclic amines) is 1. The fraction of sp³-hybridized carbons (Fsp3) is 0.500. The lowest BCUT2D eigenvalue weighted by Gasteiger charge is -2.32. The second-order valence-electron chi connectivity index (χ2n) is 8.72. The quantitative estimate of drug-likeness (QED) is 0.561. The van der Waals surface area contributed by atoms with Crippen molar-refractivity contribution in [3.63, 3.8) is 0 Å². The van der Waals surface area contributed by atoms with Gasteiger partial charge >= 0.3 is 0 Å². The first kappa shape index (κ1) is 23.1. The third-order valence-electron chi connectivity index (χ3n) is 6.40. The van der Waals surface area contributed by atoms with E-state index in [0.717, 1.165) is 80.4 Å². The van der Waals surface area contributed by atoms with E-state index < -0.39 is 0 Å². The zero-order valence-electron chi connectivity index (χ0n) is 18.9. The Bertz CT molecular complexity index is 860. The van der Waals surface area contributed by atoms with E-state index >= 15 is 0 Å². The lowest BCUT2D eigenvalue weighted by Crippen LogP contribution is -2.38. The van der Waals surface area contributed by atoms with Gasteiger partial charge in [0, 0.05) is 30.3 Å². The van der Waals surface area contributed by atoms with Crippen molar-refractivity contribution in [2.75, 3.05) is 39.1 Å². The summed E-state index contributed by atoms with van der Waals surface area (Å²) in [6.07, 6.45) is 4.82. The molecule has 0 aromatic heterocycles. The Morgan fingerprint density at radius 1 is 1.12 bits per heavy atom. The zero-order chi connectivity index (χ0) is 22.2. The van der Waals surface area contributed by atoms with Crippen LogP contribution in [0.15, 0.2) is 53.4 Å². The molecule has 0 radical (unpaired) electrons. The van der Waals surface area contributed by atoms with Gasteiger partial charge in [-0.1, -0.05) is 24.3 Å². The molecule has 1 unspecified atom stereocenters. The van der Waals surface area contributed by atoms with E-state index in [-0.39, 0.29) is 5.91 Å². The molecule has 172 valence electrons. The van der Waals surface area contributed by atoms with Crippen molar-refractivity contribution in [3.8, 4) is 5.75 Å². The fourth-order valence-corrected chi connectivity index (χ4v) is 5.53. The maximum absolute atomic E-state index is 12.9. The molecule has 2 aliphatic heterocycles. The lowest BCUT2D eigenvalue weighted by molar-refractivity contribution is 0.0932. The van der Waals surface area contributed by atoms with Crippen LogP contribution >= 0.6 is 11.8 Å². The number of hydrogen-bond donors (Lipinski definition) is 1. The minimum absolute atomic E-state index is 0.0427. The van der Waals surface area contributed by atoms with Crippen LogP contribution in [0.25, 0.3) is 0 Å². The molecule has 0 saturated carbocycles. The number of piperidine rings is 1. The van der Waals surface area contributed by atoms with E-state index in [9.17, 15) is 4.79 Å². The molecule has 6 heteroatoms. The summed E-state index contributed by atoms with van der Waals surface area (Å²) < 4.78 is 11.0. The maximum Gasteiger partial charge on any atom is 0.252 e. The van der Waals surface area contributed by atoms with Gasteiger partial charge in [0.05, 0.1) is 18.8 Å². The monoisotopic (exact) mass is 454 g/mol. The molecule has 1 amide bonds. The molecule has 5 nitrogen and oxygen atoms in total. The Labute approximate surface area is 195 Å².